The van der Waals surface area contributed by atoms with Gasteiger partial charge in [0.2, 0.25) is 0 Å². The maximum atomic E-state index is 12.4. The van der Waals surface area contributed by atoms with E-state index in [1.165, 1.54) is 0 Å². The summed E-state index contributed by atoms with van der Waals surface area (Å²) in [5.41, 5.74) is 0.973. The van der Waals surface area contributed by atoms with Gasteiger partial charge in [0.25, 0.3) is 0 Å². The normalized spacial score (nSPS) is 10.2. The Morgan fingerprint density at radius 2 is 1.34 bits per heavy atom. The monoisotopic (exact) mass is 390 g/mol. The van der Waals surface area contributed by atoms with E-state index in [9.17, 15) is 9.59 Å². The van der Waals surface area contributed by atoms with Crippen LogP contribution in [0.2, 0.25) is 0 Å². The molecule has 0 bridgehead atoms. The van der Waals surface area contributed by atoms with Crippen molar-refractivity contribution in [1.82, 2.24) is 0 Å². The van der Waals surface area contributed by atoms with Gasteiger partial charge < -0.3 is 14.2 Å². The topological polar surface area (TPSA) is 61.8 Å². The number of ketones is 1. The largest absolute Gasteiger partial charge is 0.490 e. The van der Waals surface area contributed by atoms with Crippen molar-refractivity contribution < 1.29 is 23.8 Å². The molecule has 0 saturated heterocycles. The SMILES string of the molecule is CCC(=O)c1ccc(OC(=O)c2cccc(OCCOc3ccccc3)c2)cc1. The van der Waals surface area contributed by atoms with Gasteiger partial charge in [0.05, 0.1) is 5.56 Å². The van der Waals surface area contributed by atoms with Crippen LogP contribution in [0.1, 0.15) is 34.1 Å². The molecule has 148 valence electrons. The third kappa shape index (κ3) is 5.94. The second-order valence-electron chi connectivity index (χ2n) is 6.23. The van der Waals surface area contributed by atoms with Crippen LogP contribution in [0.15, 0.2) is 78.9 Å². The van der Waals surface area contributed by atoms with E-state index >= 15 is 0 Å². The molecular weight excluding hydrogens is 368 g/mol. The molecule has 0 heterocycles. The van der Waals surface area contributed by atoms with Gasteiger partial charge in [-0.1, -0.05) is 31.2 Å². The minimum absolute atomic E-state index is 0.0453. The smallest absolute Gasteiger partial charge is 0.343 e. The molecule has 0 radical (unpaired) electrons. The molecule has 3 aromatic rings. The van der Waals surface area contributed by atoms with E-state index in [1.54, 1.807) is 55.5 Å². The third-order valence-corrected chi connectivity index (χ3v) is 4.14. The molecule has 3 aromatic carbocycles. The number of rotatable bonds is 9. The average molecular weight is 390 g/mol. The fourth-order valence-electron chi connectivity index (χ4n) is 2.63. The number of benzene rings is 3. The van der Waals surface area contributed by atoms with Gasteiger partial charge in [-0.25, -0.2) is 4.79 Å². The molecule has 5 heteroatoms. The van der Waals surface area contributed by atoms with Gasteiger partial charge in [-0.3, -0.25) is 4.79 Å². The summed E-state index contributed by atoms with van der Waals surface area (Å²) in [4.78, 5) is 24.1. The summed E-state index contributed by atoms with van der Waals surface area (Å²) in [6, 6.07) is 22.8. The highest BCUT2D eigenvalue weighted by Crippen LogP contribution is 2.18. The summed E-state index contributed by atoms with van der Waals surface area (Å²) in [6.07, 6.45) is 0.433. The molecule has 0 aliphatic rings. The number of esters is 1. The van der Waals surface area contributed by atoms with Crippen molar-refractivity contribution in [3.8, 4) is 17.2 Å². The number of Topliss-reactive ketones (excluding diaryl/α,β-unsaturated/α-hetero) is 1. The first-order valence-electron chi connectivity index (χ1n) is 9.42. The zero-order valence-corrected chi connectivity index (χ0v) is 16.2. The number of para-hydroxylation sites is 1. The molecule has 0 amide bonds. The highest BCUT2D eigenvalue weighted by molar-refractivity contribution is 5.96. The maximum absolute atomic E-state index is 12.4. The molecule has 5 nitrogen and oxygen atoms in total. The van der Waals surface area contributed by atoms with Gasteiger partial charge in [-0.2, -0.15) is 0 Å². The van der Waals surface area contributed by atoms with Gasteiger partial charge in [0, 0.05) is 12.0 Å². The molecule has 29 heavy (non-hydrogen) atoms. The second kappa shape index (κ2) is 10.1. The van der Waals surface area contributed by atoms with Crippen molar-refractivity contribution in [3.05, 3.63) is 90.0 Å². The molecule has 0 atom stereocenters. The van der Waals surface area contributed by atoms with Gasteiger partial charge in [0.1, 0.15) is 30.5 Å². The summed E-state index contributed by atoms with van der Waals surface area (Å²) < 4.78 is 16.6. The Hall–Kier alpha value is -3.60. The van der Waals surface area contributed by atoms with Crippen molar-refractivity contribution in [2.75, 3.05) is 13.2 Å². The molecular formula is C24H22O5. The Morgan fingerprint density at radius 1 is 0.690 bits per heavy atom. The quantitative estimate of drug-likeness (QED) is 0.224. The zero-order chi connectivity index (χ0) is 20.5. The average Bonchev–Trinajstić information content (AvgIpc) is 2.77. The van der Waals surface area contributed by atoms with Gasteiger partial charge in [-0.15, -0.1) is 0 Å². The van der Waals surface area contributed by atoms with Crippen LogP contribution in [0.4, 0.5) is 0 Å². The second-order valence-corrected chi connectivity index (χ2v) is 6.23. The fraction of sp³-hybridized carbons (Fsp3) is 0.167. The van der Waals surface area contributed by atoms with Gasteiger partial charge >= 0.3 is 5.97 Å². The van der Waals surface area contributed by atoms with Crippen molar-refractivity contribution in [3.63, 3.8) is 0 Å². The predicted octanol–water partition coefficient (Wildman–Crippen LogP) is 4.96. The molecule has 0 aliphatic carbocycles. The Labute approximate surface area is 169 Å². The van der Waals surface area contributed by atoms with E-state index in [1.807, 2.05) is 30.3 Å². The summed E-state index contributed by atoms with van der Waals surface area (Å²) in [7, 11) is 0. The Bertz CT molecular complexity index is 949. The fourth-order valence-corrected chi connectivity index (χ4v) is 2.63. The molecule has 3 rings (SSSR count). The first-order valence-corrected chi connectivity index (χ1v) is 9.42. The van der Waals surface area contributed by atoms with E-state index in [0.29, 0.717) is 42.3 Å². The van der Waals surface area contributed by atoms with Crippen LogP contribution >= 0.6 is 0 Å². The molecule has 0 unspecified atom stereocenters. The predicted molar refractivity (Wildman–Crippen MR) is 110 cm³/mol. The van der Waals surface area contributed by atoms with Crippen LogP contribution in [0, 0.1) is 0 Å². The van der Waals surface area contributed by atoms with E-state index in [0.717, 1.165) is 5.75 Å². The molecule has 0 aromatic heterocycles. The van der Waals surface area contributed by atoms with Crippen molar-refractivity contribution in [1.29, 1.82) is 0 Å². The summed E-state index contributed by atoms with van der Waals surface area (Å²) in [5, 5.41) is 0. The van der Waals surface area contributed by atoms with Crippen LogP contribution in [0.3, 0.4) is 0 Å². The van der Waals surface area contributed by atoms with Crippen LogP contribution in [0.5, 0.6) is 17.2 Å². The number of hydrogen-bond donors (Lipinski definition) is 0. The number of carbonyl (C=O) groups is 2. The Kier molecular flexibility index (Phi) is 7.00. The summed E-state index contributed by atoms with van der Waals surface area (Å²) >= 11 is 0. The van der Waals surface area contributed by atoms with Crippen molar-refractivity contribution >= 4 is 11.8 Å². The number of carbonyl (C=O) groups excluding carboxylic acids is 2. The Balaban J connectivity index is 1.52. The lowest BCUT2D eigenvalue weighted by molar-refractivity contribution is 0.0734. The van der Waals surface area contributed by atoms with Crippen molar-refractivity contribution in [2.45, 2.75) is 13.3 Å². The lowest BCUT2D eigenvalue weighted by atomic mass is 10.1. The molecule has 0 saturated carbocycles. The highest BCUT2D eigenvalue weighted by Gasteiger charge is 2.11. The van der Waals surface area contributed by atoms with Gasteiger partial charge in [0.15, 0.2) is 5.78 Å². The first kappa shape index (κ1) is 20.1. The zero-order valence-electron chi connectivity index (χ0n) is 16.2. The molecule has 0 fully saturated rings. The first-order chi connectivity index (χ1) is 14.2. The van der Waals surface area contributed by atoms with E-state index in [2.05, 4.69) is 0 Å². The molecule has 0 spiro atoms. The van der Waals surface area contributed by atoms with Crippen LogP contribution < -0.4 is 14.2 Å². The van der Waals surface area contributed by atoms with Crippen LogP contribution in [-0.4, -0.2) is 25.0 Å². The van der Waals surface area contributed by atoms with E-state index in [-0.39, 0.29) is 5.78 Å². The minimum atomic E-state index is -0.495. The minimum Gasteiger partial charge on any atom is -0.490 e. The lowest BCUT2D eigenvalue weighted by Gasteiger charge is -2.10. The molecule has 0 N–H and O–H groups in total. The van der Waals surface area contributed by atoms with E-state index in [4.69, 9.17) is 14.2 Å². The summed E-state index contributed by atoms with van der Waals surface area (Å²) in [5.74, 6) is 1.26. The number of ether oxygens (including phenoxy) is 3. The van der Waals surface area contributed by atoms with Crippen LogP contribution in [-0.2, 0) is 0 Å². The molecule has 0 aliphatic heterocycles. The maximum Gasteiger partial charge on any atom is 0.343 e. The summed E-state index contributed by atoms with van der Waals surface area (Å²) in [6.45, 7) is 2.54. The van der Waals surface area contributed by atoms with E-state index < -0.39 is 5.97 Å². The lowest BCUT2D eigenvalue weighted by Crippen LogP contribution is -2.11. The van der Waals surface area contributed by atoms with Gasteiger partial charge in [-0.05, 0) is 54.6 Å². The standard InChI is InChI=1S/C24H22O5/c1-2-23(25)18-11-13-21(14-12-18)29-24(26)19-7-6-10-22(17-19)28-16-15-27-20-8-4-3-5-9-20/h3-14,17H,2,15-16H2,1H3. The van der Waals surface area contributed by atoms with Crippen LogP contribution in [0.25, 0.3) is 0 Å². The third-order valence-electron chi connectivity index (χ3n) is 4.14. The number of hydrogen-bond acceptors (Lipinski definition) is 5. The Morgan fingerprint density at radius 3 is 2.03 bits per heavy atom. The highest BCUT2D eigenvalue weighted by atomic mass is 16.5. The van der Waals surface area contributed by atoms with Crippen molar-refractivity contribution in [2.24, 2.45) is 0 Å².